The van der Waals surface area contributed by atoms with E-state index in [1.807, 2.05) is 56.7 Å². The Balaban J connectivity index is 0.000000241. The Morgan fingerprint density at radius 1 is 0.656 bits per heavy atom. The Hall–Kier alpha value is -5.89. The van der Waals surface area contributed by atoms with Crippen molar-refractivity contribution in [3.63, 3.8) is 0 Å². The summed E-state index contributed by atoms with van der Waals surface area (Å²) in [5.74, 6) is 2.00. The summed E-state index contributed by atoms with van der Waals surface area (Å²) >= 11 is 5.36. The zero-order valence-corrected chi connectivity index (χ0v) is 40.1. The molecule has 23 heteroatoms. The second-order valence-electron chi connectivity index (χ2n) is 19.1. The fourth-order valence-corrected chi connectivity index (χ4v) is 7.05. The van der Waals surface area contributed by atoms with Gasteiger partial charge in [0.25, 0.3) is 0 Å². The average molecular weight is 926 g/mol. The molecule has 6 heterocycles. The van der Waals surface area contributed by atoms with E-state index in [9.17, 15) is 19.2 Å². The Kier molecular flexibility index (Phi) is 14.9. The fourth-order valence-electron chi connectivity index (χ4n) is 6.43. The molecule has 0 bridgehead atoms. The Bertz CT molecular complexity index is 2390. The molecule has 4 N–H and O–H groups in total. The van der Waals surface area contributed by atoms with Crippen LogP contribution in [0.2, 0.25) is 0 Å². The fraction of sp³-hybridized carbons (Fsp3) is 0.585. The number of ether oxygens (including phenoxy) is 4. The molecule has 0 spiro atoms. The van der Waals surface area contributed by atoms with Gasteiger partial charge in [0.1, 0.15) is 51.1 Å². The third-order valence-electron chi connectivity index (χ3n) is 8.75. The molecule has 6 rings (SSSR count). The van der Waals surface area contributed by atoms with E-state index in [0.717, 1.165) is 18.2 Å². The number of fused-ring (bicyclic) bond motifs is 2. The van der Waals surface area contributed by atoms with Gasteiger partial charge in [-0.1, -0.05) is 0 Å². The lowest BCUT2D eigenvalue weighted by atomic mass is 10.2. The zero-order chi connectivity index (χ0) is 47.4. The van der Waals surface area contributed by atoms with E-state index in [4.69, 9.17) is 24.2 Å². The van der Waals surface area contributed by atoms with Crippen LogP contribution in [0, 0.1) is 10.7 Å². The Labute approximate surface area is 382 Å². The second kappa shape index (κ2) is 19.5. The Morgan fingerprint density at radius 3 is 1.47 bits per heavy atom. The molecule has 2 fully saturated rings. The average Bonchev–Trinajstić information content (AvgIpc) is 3.94. The van der Waals surface area contributed by atoms with Crippen LogP contribution in [0.3, 0.4) is 0 Å². The maximum atomic E-state index is 12.4. The summed E-state index contributed by atoms with van der Waals surface area (Å²) in [5.41, 5.74) is -1.48. The van der Waals surface area contributed by atoms with Crippen molar-refractivity contribution < 1.29 is 38.1 Å². The summed E-state index contributed by atoms with van der Waals surface area (Å²) in [6.07, 6.45) is 2.42. The van der Waals surface area contributed by atoms with Gasteiger partial charge >= 0.3 is 24.4 Å². The van der Waals surface area contributed by atoms with E-state index >= 15 is 0 Å². The van der Waals surface area contributed by atoms with Crippen LogP contribution in [0.15, 0.2) is 34.3 Å². The first-order valence-corrected chi connectivity index (χ1v) is 21.9. The zero-order valence-electron chi connectivity index (χ0n) is 38.4. The first-order valence-electron chi connectivity index (χ1n) is 20.7. The van der Waals surface area contributed by atoms with Crippen LogP contribution in [-0.2, 0) is 18.9 Å². The minimum absolute atomic E-state index is 0.0736. The van der Waals surface area contributed by atoms with Crippen molar-refractivity contribution in [3.8, 4) is 5.40 Å². The van der Waals surface area contributed by atoms with Crippen LogP contribution in [0.4, 0.5) is 42.4 Å². The van der Waals surface area contributed by atoms with Gasteiger partial charge in [0.05, 0.1) is 34.3 Å². The lowest BCUT2D eigenvalue weighted by molar-refractivity contribution is 0.0497. The van der Waals surface area contributed by atoms with E-state index in [-0.39, 0.29) is 12.1 Å². The van der Waals surface area contributed by atoms with Gasteiger partial charge in [-0.3, -0.25) is 10.6 Å². The number of thioether (sulfide) groups is 1. The molecule has 0 unspecified atom stereocenters. The molecule has 2 atom stereocenters. The van der Waals surface area contributed by atoms with Crippen molar-refractivity contribution in [1.82, 2.24) is 39.8 Å². The molecule has 4 aromatic rings. The second-order valence-corrected chi connectivity index (χ2v) is 20.4. The molecule has 2 aliphatic rings. The number of alkyl carbamates (subject to hydrolysis) is 2. The molecule has 2 aliphatic heterocycles. The number of nitriles is 1. The van der Waals surface area contributed by atoms with Gasteiger partial charge in [-0.2, -0.15) is 24.5 Å². The predicted octanol–water partition coefficient (Wildman–Crippen LogP) is 7.22. The third-order valence-corrected chi connectivity index (χ3v) is 9.66. The number of rotatable bonds is 7. The van der Waals surface area contributed by atoms with Crippen molar-refractivity contribution in [2.24, 2.45) is 0 Å². The van der Waals surface area contributed by atoms with Crippen LogP contribution in [-0.4, -0.2) is 114 Å². The maximum absolute atomic E-state index is 12.4. The molecule has 64 heavy (non-hydrogen) atoms. The van der Waals surface area contributed by atoms with Crippen LogP contribution < -0.4 is 31.1 Å². The van der Waals surface area contributed by atoms with E-state index < -0.39 is 46.8 Å². The Morgan fingerprint density at radius 2 is 1.05 bits per heavy atom. The van der Waals surface area contributed by atoms with Gasteiger partial charge < -0.3 is 39.4 Å². The first kappa shape index (κ1) is 49.1. The van der Waals surface area contributed by atoms with Gasteiger partial charge in [-0.25, -0.2) is 29.1 Å². The van der Waals surface area contributed by atoms with Crippen molar-refractivity contribution in [2.45, 2.75) is 140 Å². The molecule has 2 saturated heterocycles. The SMILES string of the molecule is CC(C)(C)OC(=O)Nc1cc(N2CC[C@H](NC(=O)OC(C)(C)C)C2)nc2c(S)cnn12.CC(C)(C)OC(=O)Nc1cc(N2CC[C@H](NC(=O)OC(C)(C)C)C2)nc2c(SC#N)cnn12. The molecule has 0 aromatic carbocycles. The van der Waals surface area contributed by atoms with Gasteiger partial charge in [0.2, 0.25) is 0 Å². The molecule has 0 aliphatic carbocycles. The largest absolute Gasteiger partial charge is 0.444 e. The van der Waals surface area contributed by atoms with Gasteiger partial charge in [0, 0.05) is 38.3 Å². The highest BCUT2D eigenvalue weighted by Gasteiger charge is 2.30. The number of nitrogens with zero attached hydrogens (tertiary/aromatic N) is 9. The van der Waals surface area contributed by atoms with Crippen LogP contribution in [0.25, 0.3) is 11.3 Å². The highest BCUT2D eigenvalue weighted by molar-refractivity contribution is 8.03. The van der Waals surface area contributed by atoms with E-state index in [1.54, 1.807) is 59.9 Å². The molecule has 348 valence electrons. The standard InChI is InChI=1S/C21H29N7O4S.C20H30N6O4S/c1-20(2,3)31-18(29)24-13-7-8-27(11-13)15-9-16(26-19(30)32-21(4,5)6)28-17(25-15)14(10-23-28)33-12-22;1-19(2,3)29-17(27)22-12-7-8-25(11-12)14-9-15(24-18(28)30-20(4,5)6)26-16(23-14)13(31)10-21-26/h9-10,13H,7-8,11H2,1-6H3,(H,24,29)(H,26,30);9-10,12,31H,7-8,11H2,1-6H3,(H,22,27)(H,24,28)/t13-;12-/m00/s1. The van der Waals surface area contributed by atoms with Crippen molar-refractivity contribution in [3.05, 3.63) is 24.5 Å². The molecule has 4 aromatic heterocycles. The molecular formula is C41H59N13O8S2. The molecule has 4 amide bonds. The molecule has 0 radical (unpaired) electrons. The van der Waals surface area contributed by atoms with Gasteiger partial charge in [-0.15, -0.1) is 12.6 Å². The van der Waals surface area contributed by atoms with E-state index in [1.165, 1.54) is 15.2 Å². The number of carbonyl (C=O) groups excluding carboxylic acids is 4. The van der Waals surface area contributed by atoms with Gasteiger partial charge in [-0.05, 0) is 108 Å². The van der Waals surface area contributed by atoms with Gasteiger partial charge in [0.15, 0.2) is 11.3 Å². The van der Waals surface area contributed by atoms with Crippen molar-refractivity contribution in [2.75, 3.05) is 46.6 Å². The number of carbonyl (C=O) groups is 4. The summed E-state index contributed by atoms with van der Waals surface area (Å²) in [6.45, 7) is 24.0. The molecule has 21 nitrogen and oxygen atoms in total. The number of thiol groups is 1. The number of hydrogen-bond acceptors (Lipinski definition) is 17. The first-order chi connectivity index (χ1) is 29.6. The summed E-state index contributed by atoms with van der Waals surface area (Å²) in [4.78, 5) is 63.4. The molecule has 0 saturated carbocycles. The van der Waals surface area contributed by atoms with Crippen LogP contribution in [0.5, 0.6) is 0 Å². The van der Waals surface area contributed by atoms with Crippen LogP contribution >= 0.6 is 24.4 Å². The number of hydrogen-bond donors (Lipinski definition) is 5. The smallest absolute Gasteiger partial charge is 0.413 e. The number of aromatic nitrogens is 6. The number of nitrogens with one attached hydrogen (secondary N) is 4. The normalized spacial score (nSPS) is 16.7. The molecular weight excluding hydrogens is 867 g/mol. The maximum Gasteiger partial charge on any atom is 0.413 e. The van der Waals surface area contributed by atoms with E-state index in [2.05, 4.69) is 54.1 Å². The summed E-state index contributed by atoms with van der Waals surface area (Å²) in [5, 5.41) is 30.9. The van der Waals surface area contributed by atoms with Crippen molar-refractivity contribution >= 4 is 83.3 Å². The monoisotopic (exact) mass is 925 g/mol. The predicted molar refractivity (Wildman–Crippen MR) is 244 cm³/mol. The lowest BCUT2D eigenvalue weighted by Gasteiger charge is -2.23. The lowest BCUT2D eigenvalue weighted by Crippen LogP contribution is -2.40. The highest BCUT2D eigenvalue weighted by atomic mass is 32.2. The summed E-state index contributed by atoms with van der Waals surface area (Å²) in [7, 11) is 0. The number of amides is 4. The summed E-state index contributed by atoms with van der Waals surface area (Å²) in [6, 6.07) is 3.24. The third kappa shape index (κ3) is 14.3. The topological polar surface area (TPSA) is 244 Å². The van der Waals surface area contributed by atoms with Crippen molar-refractivity contribution in [1.29, 1.82) is 5.26 Å². The summed E-state index contributed by atoms with van der Waals surface area (Å²) < 4.78 is 24.4. The number of anilines is 4. The number of thiocyanates is 1. The minimum Gasteiger partial charge on any atom is -0.444 e. The minimum atomic E-state index is -0.666. The quantitative estimate of drug-likeness (QED) is 0.0532. The van der Waals surface area contributed by atoms with Crippen LogP contribution in [0.1, 0.15) is 95.9 Å². The van der Waals surface area contributed by atoms with E-state index in [0.29, 0.717) is 77.0 Å². The highest BCUT2D eigenvalue weighted by Crippen LogP contribution is 2.30.